The van der Waals surface area contributed by atoms with Gasteiger partial charge in [0.2, 0.25) is 0 Å². The Morgan fingerprint density at radius 3 is 2.56 bits per heavy atom. The van der Waals surface area contributed by atoms with Crippen molar-refractivity contribution in [1.29, 1.82) is 0 Å². The second-order valence-corrected chi connectivity index (χ2v) is 4.63. The maximum Gasteiger partial charge on any atom is 0.0793 e. The highest BCUT2D eigenvalue weighted by molar-refractivity contribution is 7.07. The number of rotatable bonds is 4. The molecule has 1 atom stereocenters. The minimum atomic E-state index is -0.402. The smallest absolute Gasteiger partial charge is 0.0793 e. The fourth-order valence-electron chi connectivity index (χ4n) is 1.62. The van der Waals surface area contributed by atoms with Crippen molar-refractivity contribution in [1.82, 2.24) is 0 Å². The summed E-state index contributed by atoms with van der Waals surface area (Å²) in [4.78, 5) is 0. The zero-order chi connectivity index (χ0) is 11.4. The largest absolute Gasteiger partial charge is 0.399 e. The molecule has 0 aliphatic carbocycles. The van der Waals surface area contributed by atoms with Crippen LogP contribution in [0.2, 0.25) is 0 Å². The fraction of sp³-hybridized carbons (Fsp3) is 0.231. The molecule has 16 heavy (non-hydrogen) atoms. The maximum atomic E-state index is 9.97. The number of hydrogen-bond acceptors (Lipinski definition) is 3. The topological polar surface area (TPSA) is 46.2 Å². The third-order valence-corrected chi connectivity index (χ3v) is 3.34. The van der Waals surface area contributed by atoms with Crippen LogP contribution in [0.5, 0.6) is 0 Å². The van der Waals surface area contributed by atoms with Crippen molar-refractivity contribution in [3.05, 3.63) is 52.2 Å². The van der Waals surface area contributed by atoms with Gasteiger partial charge in [-0.2, -0.15) is 11.3 Å². The lowest BCUT2D eigenvalue weighted by molar-refractivity contribution is 0.168. The van der Waals surface area contributed by atoms with Crippen LogP contribution in [0.4, 0.5) is 5.69 Å². The molecular weight excluding hydrogens is 218 g/mol. The van der Waals surface area contributed by atoms with E-state index < -0.39 is 6.10 Å². The van der Waals surface area contributed by atoms with Crippen LogP contribution in [0.15, 0.2) is 41.1 Å². The molecule has 3 N–H and O–H groups in total. The predicted molar refractivity (Wildman–Crippen MR) is 68.5 cm³/mol. The Labute approximate surface area is 99.4 Å². The Kier molecular flexibility index (Phi) is 3.59. The van der Waals surface area contributed by atoms with Gasteiger partial charge in [0.05, 0.1) is 6.10 Å². The summed E-state index contributed by atoms with van der Waals surface area (Å²) in [6, 6.07) is 9.51. The molecule has 1 heterocycles. The van der Waals surface area contributed by atoms with Gasteiger partial charge in [0.25, 0.3) is 0 Å². The van der Waals surface area contributed by atoms with Gasteiger partial charge in [-0.1, -0.05) is 12.1 Å². The van der Waals surface area contributed by atoms with Crippen LogP contribution in [-0.4, -0.2) is 5.11 Å². The summed E-state index contributed by atoms with van der Waals surface area (Å²) in [7, 11) is 0. The van der Waals surface area contributed by atoms with Gasteiger partial charge < -0.3 is 10.8 Å². The van der Waals surface area contributed by atoms with Crippen molar-refractivity contribution in [3.63, 3.8) is 0 Å². The molecular formula is C13H15NOS. The molecule has 0 saturated heterocycles. The number of aliphatic hydroxyl groups is 1. The molecule has 0 aliphatic heterocycles. The van der Waals surface area contributed by atoms with Gasteiger partial charge in [-0.3, -0.25) is 0 Å². The lowest BCUT2D eigenvalue weighted by Crippen LogP contribution is -1.99. The lowest BCUT2D eigenvalue weighted by atomic mass is 10.0. The Morgan fingerprint density at radius 1 is 1.19 bits per heavy atom. The Bertz CT molecular complexity index is 422. The summed E-state index contributed by atoms with van der Waals surface area (Å²) in [5.74, 6) is 0. The van der Waals surface area contributed by atoms with Gasteiger partial charge in [0.1, 0.15) is 0 Å². The SMILES string of the molecule is Nc1ccc(C(O)CCc2ccsc2)cc1. The number of aryl methyl sites for hydroxylation is 1. The second-order valence-electron chi connectivity index (χ2n) is 3.85. The van der Waals surface area contributed by atoms with Crippen molar-refractivity contribution in [3.8, 4) is 0 Å². The fourth-order valence-corrected chi connectivity index (χ4v) is 2.33. The molecule has 1 unspecified atom stereocenters. The summed E-state index contributed by atoms with van der Waals surface area (Å²) >= 11 is 1.69. The average Bonchev–Trinajstić information content (AvgIpc) is 2.80. The molecule has 0 saturated carbocycles. The van der Waals surface area contributed by atoms with Crippen molar-refractivity contribution in [2.45, 2.75) is 18.9 Å². The van der Waals surface area contributed by atoms with Crippen molar-refractivity contribution >= 4 is 17.0 Å². The first-order valence-electron chi connectivity index (χ1n) is 5.30. The third-order valence-electron chi connectivity index (χ3n) is 2.61. The number of thiophene rings is 1. The van der Waals surface area contributed by atoms with E-state index >= 15 is 0 Å². The third kappa shape index (κ3) is 2.84. The van der Waals surface area contributed by atoms with Gasteiger partial charge in [-0.25, -0.2) is 0 Å². The van der Waals surface area contributed by atoms with E-state index in [1.54, 1.807) is 11.3 Å². The van der Waals surface area contributed by atoms with E-state index in [1.165, 1.54) is 5.56 Å². The molecule has 1 aromatic carbocycles. The summed E-state index contributed by atoms with van der Waals surface area (Å²) in [5, 5.41) is 14.2. The van der Waals surface area contributed by atoms with Crippen LogP contribution in [-0.2, 0) is 6.42 Å². The Hall–Kier alpha value is -1.32. The zero-order valence-corrected chi connectivity index (χ0v) is 9.78. The van der Waals surface area contributed by atoms with E-state index in [2.05, 4.69) is 16.8 Å². The number of anilines is 1. The minimum Gasteiger partial charge on any atom is -0.399 e. The summed E-state index contributed by atoms with van der Waals surface area (Å²) in [5.41, 5.74) is 8.55. The minimum absolute atomic E-state index is 0.402. The molecule has 0 amide bonds. The zero-order valence-electron chi connectivity index (χ0n) is 8.97. The van der Waals surface area contributed by atoms with Crippen LogP contribution >= 0.6 is 11.3 Å². The summed E-state index contributed by atoms with van der Waals surface area (Å²) < 4.78 is 0. The van der Waals surface area contributed by atoms with Crippen LogP contribution in [0.25, 0.3) is 0 Å². The molecule has 0 aliphatic rings. The van der Waals surface area contributed by atoms with Crippen LogP contribution < -0.4 is 5.73 Å². The number of nitrogen functional groups attached to an aromatic ring is 1. The molecule has 0 spiro atoms. The molecule has 2 nitrogen and oxygen atoms in total. The quantitative estimate of drug-likeness (QED) is 0.797. The first kappa shape index (κ1) is 11.2. The lowest BCUT2D eigenvalue weighted by Gasteiger charge is -2.10. The highest BCUT2D eigenvalue weighted by Crippen LogP contribution is 2.20. The summed E-state index contributed by atoms with van der Waals surface area (Å²) in [6.45, 7) is 0. The molecule has 0 radical (unpaired) electrons. The van der Waals surface area contributed by atoms with E-state index in [0.29, 0.717) is 0 Å². The van der Waals surface area contributed by atoms with Crippen LogP contribution in [0.3, 0.4) is 0 Å². The van der Waals surface area contributed by atoms with Crippen molar-refractivity contribution in [2.75, 3.05) is 5.73 Å². The molecule has 1 aromatic heterocycles. The Balaban J connectivity index is 1.93. The molecule has 84 valence electrons. The predicted octanol–water partition coefficient (Wildman–Crippen LogP) is 3.00. The first-order valence-corrected chi connectivity index (χ1v) is 6.24. The van der Waals surface area contributed by atoms with E-state index in [-0.39, 0.29) is 0 Å². The van der Waals surface area contributed by atoms with Gasteiger partial charge in [-0.15, -0.1) is 0 Å². The number of benzene rings is 1. The van der Waals surface area contributed by atoms with Crippen molar-refractivity contribution < 1.29 is 5.11 Å². The van der Waals surface area contributed by atoms with Gasteiger partial charge in [0.15, 0.2) is 0 Å². The van der Waals surface area contributed by atoms with Gasteiger partial charge in [-0.05, 0) is 52.9 Å². The second kappa shape index (κ2) is 5.14. The molecule has 2 rings (SSSR count). The van der Waals surface area contributed by atoms with E-state index in [0.717, 1.165) is 24.1 Å². The average molecular weight is 233 g/mol. The van der Waals surface area contributed by atoms with Crippen molar-refractivity contribution in [2.24, 2.45) is 0 Å². The highest BCUT2D eigenvalue weighted by atomic mass is 32.1. The monoisotopic (exact) mass is 233 g/mol. The van der Waals surface area contributed by atoms with Crippen LogP contribution in [0.1, 0.15) is 23.7 Å². The number of aliphatic hydroxyl groups excluding tert-OH is 1. The van der Waals surface area contributed by atoms with Gasteiger partial charge >= 0.3 is 0 Å². The molecule has 2 aromatic rings. The normalized spacial score (nSPS) is 12.6. The van der Waals surface area contributed by atoms with Crippen LogP contribution in [0, 0.1) is 0 Å². The standard InChI is InChI=1S/C13H15NOS/c14-12-4-2-11(3-5-12)13(15)6-1-10-7-8-16-9-10/h2-5,7-9,13,15H,1,6,14H2. The first-order chi connectivity index (χ1) is 7.75. The number of hydrogen-bond donors (Lipinski definition) is 2. The number of nitrogens with two attached hydrogens (primary N) is 1. The van der Waals surface area contributed by atoms with Gasteiger partial charge in [0, 0.05) is 5.69 Å². The van der Waals surface area contributed by atoms with E-state index in [1.807, 2.05) is 24.3 Å². The summed E-state index contributed by atoms with van der Waals surface area (Å²) in [6.07, 6.45) is 1.26. The molecule has 0 bridgehead atoms. The van der Waals surface area contributed by atoms with E-state index in [9.17, 15) is 5.11 Å². The Morgan fingerprint density at radius 2 is 1.94 bits per heavy atom. The molecule has 3 heteroatoms. The maximum absolute atomic E-state index is 9.97. The van der Waals surface area contributed by atoms with E-state index in [4.69, 9.17) is 5.73 Å². The highest BCUT2D eigenvalue weighted by Gasteiger charge is 2.07. The molecule has 0 fully saturated rings.